The topological polar surface area (TPSA) is 120 Å². The Balaban J connectivity index is 1.71. The smallest absolute Gasteiger partial charge is 0.322 e. The minimum absolute atomic E-state index is 0.116. The second kappa shape index (κ2) is 6.24. The number of sulfone groups is 1. The molecule has 0 aliphatic heterocycles. The van der Waals surface area contributed by atoms with Gasteiger partial charge in [0.1, 0.15) is 5.75 Å². The molecule has 24 heavy (non-hydrogen) atoms. The van der Waals surface area contributed by atoms with Gasteiger partial charge in [-0.3, -0.25) is 14.8 Å². The lowest BCUT2D eigenvalue weighted by atomic mass is 10.4. The lowest BCUT2D eigenvalue weighted by molar-refractivity contribution is 0.101. The van der Waals surface area contributed by atoms with Gasteiger partial charge in [0, 0.05) is 13.2 Å². The highest BCUT2D eigenvalue weighted by molar-refractivity contribution is 7.90. The summed E-state index contributed by atoms with van der Waals surface area (Å²) in [5.41, 5.74) is 0.175. The van der Waals surface area contributed by atoms with E-state index in [2.05, 4.69) is 20.6 Å². The quantitative estimate of drug-likeness (QED) is 0.732. The van der Waals surface area contributed by atoms with Gasteiger partial charge in [-0.25, -0.2) is 8.42 Å². The van der Waals surface area contributed by atoms with Gasteiger partial charge in [0.05, 0.1) is 4.90 Å². The summed E-state index contributed by atoms with van der Waals surface area (Å²) in [5.74, 6) is -1.10. The van der Waals surface area contributed by atoms with Crippen LogP contribution in [0.1, 0.15) is 16.4 Å². The zero-order valence-corrected chi connectivity index (χ0v) is 13.4. The molecule has 2 aromatic heterocycles. The predicted octanol–water partition coefficient (Wildman–Crippen LogP) is 1.03. The maximum absolute atomic E-state index is 12.2. The molecular weight excluding hydrogens is 334 g/mol. The molecule has 0 saturated heterocycles. The van der Waals surface area contributed by atoms with Gasteiger partial charge < -0.3 is 4.42 Å². The number of nitrogens with zero attached hydrogens (tertiary/aromatic N) is 4. The Hall–Kier alpha value is -3.01. The highest BCUT2D eigenvalue weighted by Crippen LogP contribution is 2.16. The fourth-order valence-electron chi connectivity index (χ4n) is 1.93. The molecule has 0 fully saturated rings. The SMILES string of the molecule is Cn1ccc(C(=O)Nc2nnc(CS(=O)(=O)c3ccccc3)o2)n1. The van der Waals surface area contributed by atoms with Gasteiger partial charge in [0.15, 0.2) is 15.5 Å². The Morgan fingerprint density at radius 1 is 1.21 bits per heavy atom. The summed E-state index contributed by atoms with van der Waals surface area (Å²) >= 11 is 0. The normalized spacial score (nSPS) is 11.4. The number of carbonyl (C=O) groups excluding carboxylic acids is 1. The highest BCUT2D eigenvalue weighted by Gasteiger charge is 2.20. The van der Waals surface area contributed by atoms with E-state index in [1.54, 1.807) is 31.4 Å². The third-order valence-corrected chi connectivity index (χ3v) is 4.67. The average Bonchev–Trinajstić information content (AvgIpc) is 3.17. The van der Waals surface area contributed by atoms with Crippen LogP contribution in [0.2, 0.25) is 0 Å². The largest absolute Gasteiger partial charge is 0.407 e. The van der Waals surface area contributed by atoms with Crippen molar-refractivity contribution in [2.75, 3.05) is 5.32 Å². The molecule has 0 unspecified atom stereocenters. The molecule has 3 aromatic rings. The lowest BCUT2D eigenvalue weighted by Crippen LogP contribution is -2.13. The van der Waals surface area contributed by atoms with Gasteiger partial charge in [-0.15, -0.1) is 5.10 Å². The number of hydrogen-bond donors (Lipinski definition) is 1. The number of aryl methyl sites for hydroxylation is 1. The van der Waals surface area contributed by atoms with Crippen LogP contribution in [0.5, 0.6) is 0 Å². The first kappa shape index (κ1) is 15.9. The zero-order valence-electron chi connectivity index (χ0n) is 12.6. The van der Waals surface area contributed by atoms with Gasteiger partial charge >= 0.3 is 6.01 Å². The highest BCUT2D eigenvalue weighted by atomic mass is 32.2. The van der Waals surface area contributed by atoms with Crippen LogP contribution in [-0.2, 0) is 22.6 Å². The van der Waals surface area contributed by atoms with Crippen molar-refractivity contribution in [3.8, 4) is 0 Å². The van der Waals surface area contributed by atoms with E-state index in [0.717, 1.165) is 0 Å². The number of hydrogen-bond acceptors (Lipinski definition) is 7. The van der Waals surface area contributed by atoms with Crippen LogP contribution in [0.15, 0.2) is 51.9 Å². The van der Waals surface area contributed by atoms with Crippen molar-refractivity contribution in [2.24, 2.45) is 7.05 Å². The number of rotatable bonds is 5. The Kier molecular flexibility index (Phi) is 4.13. The maximum Gasteiger partial charge on any atom is 0.322 e. The number of benzene rings is 1. The molecule has 1 N–H and O–H groups in total. The van der Waals surface area contributed by atoms with E-state index in [9.17, 15) is 13.2 Å². The molecule has 0 radical (unpaired) electrons. The minimum Gasteiger partial charge on any atom is -0.407 e. The molecule has 10 heteroatoms. The summed E-state index contributed by atoms with van der Waals surface area (Å²) in [6, 6.07) is 9.26. The molecule has 9 nitrogen and oxygen atoms in total. The van der Waals surface area contributed by atoms with E-state index < -0.39 is 21.5 Å². The molecule has 0 aliphatic rings. The Morgan fingerprint density at radius 3 is 2.62 bits per heavy atom. The van der Waals surface area contributed by atoms with Crippen LogP contribution in [0.25, 0.3) is 0 Å². The second-order valence-corrected chi connectivity index (χ2v) is 6.89. The maximum atomic E-state index is 12.2. The van der Waals surface area contributed by atoms with Crippen LogP contribution >= 0.6 is 0 Å². The molecule has 1 aromatic carbocycles. The van der Waals surface area contributed by atoms with Crippen molar-refractivity contribution in [3.63, 3.8) is 0 Å². The van der Waals surface area contributed by atoms with E-state index in [1.807, 2.05) is 0 Å². The van der Waals surface area contributed by atoms with Gasteiger partial charge in [-0.2, -0.15) is 5.10 Å². The van der Waals surface area contributed by atoms with Crippen molar-refractivity contribution < 1.29 is 17.6 Å². The van der Waals surface area contributed by atoms with Crippen LogP contribution in [-0.4, -0.2) is 34.3 Å². The van der Waals surface area contributed by atoms with Gasteiger partial charge in [0.25, 0.3) is 5.91 Å². The Bertz CT molecular complexity index is 962. The van der Waals surface area contributed by atoms with Crippen molar-refractivity contribution in [1.29, 1.82) is 0 Å². The second-order valence-electron chi connectivity index (χ2n) is 4.90. The van der Waals surface area contributed by atoms with E-state index >= 15 is 0 Å². The summed E-state index contributed by atoms with van der Waals surface area (Å²) in [7, 11) is -1.93. The fourth-order valence-corrected chi connectivity index (χ4v) is 3.11. The van der Waals surface area contributed by atoms with Crippen LogP contribution in [0, 0.1) is 0 Å². The number of nitrogens with one attached hydrogen (secondary N) is 1. The monoisotopic (exact) mass is 347 g/mol. The molecule has 0 saturated carbocycles. The van der Waals surface area contributed by atoms with E-state index in [4.69, 9.17) is 4.42 Å². The summed E-state index contributed by atoms with van der Waals surface area (Å²) in [4.78, 5) is 12.1. The minimum atomic E-state index is -3.60. The fraction of sp³-hybridized carbons (Fsp3) is 0.143. The van der Waals surface area contributed by atoms with E-state index in [1.165, 1.54) is 22.9 Å². The van der Waals surface area contributed by atoms with Crippen molar-refractivity contribution >= 4 is 21.8 Å². The van der Waals surface area contributed by atoms with Gasteiger partial charge in [-0.05, 0) is 18.2 Å². The molecule has 0 bridgehead atoms. The standard InChI is InChI=1S/C14H13N5O4S/c1-19-8-7-11(18-19)13(20)15-14-17-16-12(23-14)9-24(21,22)10-5-3-2-4-6-10/h2-8H,9H2,1H3,(H,15,17,20). The Morgan fingerprint density at radius 2 is 1.96 bits per heavy atom. The van der Waals surface area contributed by atoms with E-state index in [0.29, 0.717) is 0 Å². The zero-order chi connectivity index (χ0) is 17.2. The third kappa shape index (κ3) is 3.49. The first-order chi connectivity index (χ1) is 11.4. The predicted molar refractivity (Wildman–Crippen MR) is 82.8 cm³/mol. The van der Waals surface area contributed by atoms with Crippen molar-refractivity contribution in [2.45, 2.75) is 10.6 Å². The summed E-state index contributed by atoms with van der Waals surface area (Å²) in [6.45, 7) is 0. The number of aromatic nitrogens is 4. The number of amides is 1. The molecule has 1 amide bonds. The van der Waals surface area contributed by atoms with Crippen LogP contribution < -0.4 is 5.32 Å². The van der Waals surface area contributed by atoms with Gasteiger partial charge in [-0.1, -0.05) is 23.3 Å². The molecule has 2 heterocycles. The molecule has 0 aliphatic carbocycles. The third-order valence-electron chi connectivity index (χ3n) is 3.05. The number of anilines is 1. The first-order valence-electron chi connectivity index (χ1n) is 6.85. The summed E-state index contributed by atoms with van der Waals surface area (Å²) in [5, 5.41) is 13.6. The van der Waals surface area contributed by atoms with Gasteiger partial charge in [0.2, 0.25) is 5.89 Å². The first-order valence-corrected chi connectivity index (χ1v) is 8.50. The molecule has 124 valence electrons. The van der Waals surface area contributed by atoms with Crippen LogP contribution in [0.3, 0.4) is 0 Å². The molecular formula is C14H13N5O4S. The average molecular weight is 347 g/mol. The summed E-state index contributed by atoms with van der Waals surface area (Å²) in [6.07, 6.45) is 1.61. The molecule has 0 spiro atoms. The lowest BCUT2D eigenvalue weighted by Gasteiger charge is -2.00. The summed E-state index contributed by atoms with van der Waals surface area (Å²) < 4.78 is 31.1. The number of carbonyl (C=O) groups is 1. The van der Waals surface area contributed by atoms with E-state index in [-0.39, 0.29) is 22.5 Å². The van der Waals surface area contributed by atoms with Crippen LogP contribution in [0.4, 0.5) is 6.01 Å². The molecule has 0 atom stereocenters. The van der Waals surface area contributed by atoms with Crippen molar-refractivity contribution in [3.05, 3.63) is 54.2 Å². The Labute approximate surface area is 137 Å². The van der Waals surface area contributed by atoms with Crippen molar-refractivity contribution in [1.82, 2.24) is 20.0 Å². The molecule has 3 rings (SSSR count).